The Morgan fingerprint density at radius 2 is 2.11 bits per heavy atom. The fourth-order valence-electron chi connectivity index (χ4n) is 2.15. The normalized spacial score (nSPS) is 10.9. The molecule has 3 nitrogen and oxygen atoms in total. The summed E-state index contributed by atoms with van der Waals surface area (Å²) in [6, 6.07) is 8.10. The molecule has 0 unspecified atom stereocenters. The molecule has 1 N–H and O–H groups in total. The summed E-state index contributed by atoms with van der Waals surface area (Å²) < 4.78 is 3.01. The number of aryl methyl sites for hydroxylation is 1. The third kappa shape index (κ3) is 2.65. The number of aliphatic hydroxyl groups is 1. The molecule has 1 heterocycles. The molecule has 1 aromatic heterocycles. The smallest absolute Gasteiger partial charge is 0.0660 e. The molecule has 0 atom stereocenters. The Morgan fingerprint density at radius 1 is 1.33 bits per heavy atom. The lowest BCUT2D eigenvalue weighted by Crippen LogP contribution is -1.99. The summed E-state index contributed by atoms with van der Waals surface area (Å²) in [7, 11) is 0. The van der Waals surface area contributed by atoms with Crippen molar-refractivity contribution >= 4 is 15.9 Å². The van der Waals surface area contributed by atoms with Gasteiger partial charge in [0.2, 0.25) is 0 Å². The Balaban J connectivity index is 2.40. The zero-order valence-corrected chi connectivity index (χ0v) is 12.2. The molecule has 0 aliphatic carbocycles. The standard InChI is InChI=1S/C14H17BrN2O/c1-10-14(7-4-8-18)11(2)17(16-10)13-6-3-5-12(15)9-13/h3,5-6,9,18H,4,7-8H2,1-2H3. The van der Waals surface area contributed by atoms with Crippen LogP contribution in [0, 0.1) is 13.8 Å². The Kier molecular flexibility index (Phi) is 4.19. The van der Waals surface area contributed by atoms with Crippen LogP contribution in [0.2, 0.25) is 0 Å². The molecule has 96 valence electrons. The molecule has 18 heavy (non-hydrogen) atoms. The Bertz CT molecular complexity index is 549. The van der Waals surface area contributed by atoms with E-state index in [1.165, 1.54) is 5.56 Å². The maximum atomic E-state index is 8.94. The van der Waals surface area contributed by atoms with Crippen LogP contribution in [0.25, 0.3) is 5.69 Å². The monoisotopic (exact) mass is 308 g/mol. The van der Waals surface area contributed by atoms with Crippen molar-refractivity contribution in [2.75, 3.05) is 6.61 Å². The molecule has 4 heteroatoms. The lowest BCUT2D eigenvalue weighted by atomic mass is 10.1. The van der Waals surface area contributed by atoms with Gasteiger partial charge in [-0.1, -0.05) is 22.0 Å². The summed E-state index contributed by atoms with van der Waals surface area (Å²) in [4.78, 5) is 0. The van der Waals surface area contributed by atoms with E-state index in [0.29, 0.717) is 0 Å². The lowest BCUT2D eigenvalue weighted by Gasteiger charge is -2.05. The first-order valence-electron chi connectivity index (χ1n) is 6.05. The highest BCUT2D eigenvalue weighted by Crippen LogP contribution is 2.21. The summed E-state index contributed by atoms with van der Waals surface area (Å²) in [5.74, 6) is 0. The number of halogens is 1. The zero-order chi connectivity index (χ0) is 13.1. The summed E-state index contributed by atoms with van der Waals surface area (Å²) >= 11 is 3.48. The van der Waals surface area contributed by atoms with Gasteiger partial charge in [0, 0.05) is 16.8 Å². The number of hydrogen-bond donors (Lipinski definition) is 1. The van der Waals surface area contributed by atoms with Gasteiger partial charge in [-0.25, -0.2) is 4.68 Å². The van der Waals surface area contributed by atoms with Crippen LogP contribution in [0.15, 0.2) is 28.7 Å². The topological polar surface area (TPSA) is 38.0 Å². The summed E-state index contributed by atoms with van der Waals surface area (Å²) in [5, 5.41) is 13.5. The highest BCUT2D eigenvalue weighted by atomic mass is 79.9. The summed E-state index contributed by atoms with van der Waals surface area (Å²) in [6.45, 7) is 4.32. The molecule has 2 aromatic rings. The molecular formula is C14H17BrN2O. The fourth-order valence-corrected chi connectivity index (χ4v) is 2.54. The van der Waals surface area contributed by atoms with Crippen molar-refractivity contribution in [3.05, 3.63) is 45.7 Å². The first-order valence-corrected chi connectivity index (χ1v) is 6.84. The molecule has 0 saturated heterocycles. The molecule has 0 saturated carbocycles. The van der Waals surface area contributed by atoms with Crippen molar-refractivity contribution in [1.82, 2.24) is 9.78 Å². The van der Waals surface area contributed by atoms with Gasteiger partial charge in [0.05, 0.1) is 11.4 Å². The van der Waals surface area contributed by atoms with Crippen LogP contribution in [0.4, 0.5) is 0 Å². The summed E-state index contributed by atoms with van der Waals surface area (Å²) in [6.07, 6.45) is 1.66. The van der Waals surface area contributed by atoms with E-state index in [0.717, 1.165) is 34.4 Å². The van der Waals surface area contributed by atoms with Crippen molar-refractivity contribution < 1.29 is 5.11 Å². The molecule has 0 bridgehead atoms. The van der Waals surface area contributed by atoms with Gasteiger partial charge in [0.1, 0.15) is 0 Å². The van der Waals surface area contributed by atoms with Crippen LogP contribution in [0.3, 0.4) is 0 Å². The Labute approximate surface area is 116 Å². The quantitative estimate of drug-likeness (QED) is 0.942. The van der Waals surface area contributed by atoms with Crippen molar-refractivity contribution in [1.29, 1.82) is 0 Å². The molecule has 0 fully saturated rings. The second-order valence-corrected chi connectivity index (χ2v) is 5.28. The number of nitrogens with zero attached hydrogens (tertiary/aromatic N) is 2. The van der Waals surface area contributed by atoms with Gasteiger partial charge in [-0.15, -0.1) is 0 Å². The number of aliphatic hydroxyl groups excluding tert-OH is 1. The molecular weight excluding hydrogens is 292 g/mol. The average molecular weight is 309 g/mol. The van der Waals surface area contributed by atoms with Crippen molar-refractivity contribution in [2.24, 2.45) is 0 Å². The second-order valence-electron chi connectivity index (χ2n) is 4.37. The SMILES string of the molecule is Cc1nn(-c2cccc(Br)c2)c(C)c1CCCO. The number of hydrogen-bond acceptors (Lipinski definition) is 2. The van der Waals surface area contributed by atoms with Gasteiger partial charge in [-0.05, 0) is 50.5 Å². The van der Waals surface area contributed by atoms with Gasteiger partial charge in [-0.2, -0.15) is 5.10 Å². The molecule has 0 aliphatic rings. The average Bonchev–Trinajstić information content (AvgIpc) is 2.63. The van der Waals surface area contributed by atoms with Crippen molar-refractivity contribution in [2.45, 2.75) is 26.7 Å². The van der Waals surface area contributed by atoms with Crippen LogP contribution in [-0.4, -0.2) is 21.5 Å². The predicted molar refractivity (Wildman–Crippen MR) is 76.1 cm³/mol. The molecule has 0 spiro atoms. The minimum Gasteiger partial charge on any atom is -0.396 e. The van der Waals surface area contributed by atoms with Gasteiger partial charge >= 0.3 is 0 Å². The Morgan fingerprint density at radius 3 is 2.78 bits per heavy atom. The van der Waals surface area contributed by atoms with Crippen LogP contribution in [0.1, 0.15) is 23.4 Å². The van der Waals surface area contributed by atoms with E-state index in [2.05, 4.69) is 34.0 Å². The van der Waals surface area contributed by atoms with Crippen LogP contribution < -0.4 is 0 Å². The van der Waals surface area contributed by atoms with Gasteiger partial charge in [0.15, 0.2) is 0 Å². The van der Waals surface area contributed by atoms with Gasteiger partial charge in [0.25, 0.3) is 0 Å². The predicted octanol–water partition coefficient (Wildman–Crippen LogP) is 3.18. The third-order valence-electron chi connectivity index (χ3n) is 3.08. The molecule has 0 aliphatic heterocycles. The summed E-state index contributed by atoms with van der Waals surface area (Å²) in [5.41, 5.74) is 4.49. The minimum absolute atomic E-state index is 0.223. The first kappa shape index (κ1) is 13.3. The molecule has 2 rings (SSSR count). The third-order valence-corrected chi connectivity index (χ3v) is 3.57. The maximum absolute atomic E-state index is 8.94. The highest BCUT2D eigenvalue weighted by Gasteiger charge is 2.12. The molecule has 0 amide bonds. The molecule has 1 aromatic carbocycles. The largest absolute Gasteiger partial charge is 0.396 e. The van der Waals surface area contributed by atoms with E-state index in [4.69, 9.17) is 5.11 Å². The lowest BCUT2D eigenvalue weighted by molar-refractivity contribution is 0.288. The maximum Gasteiger partial charge on any atom is 0.0660 e. The highest BCUT2D eigenvalue weighted by molar-refractivity contribution is 9.10. The van der Waals surface area contributed by atoms with Crippen LogP contribution >= 0.6 is 15.9 Å². The van der Waals surface area contributed by atoms with E-state index >= 15 is 0 Å². The number of rotatable bonds is 4. The van der Waals surface area contributed by atoms with Crippen LogP contribution in [0.5, 0.6) is 0 Å². The van der Waals surface area contributed by atoms with Gasteiger partial charge < -0.3 is 5.11 Å². The zero-order valence-electron chi connectivity index (χ0n) is 10.7. The fraction of sp³-hybridized carbons (Fsp3) is 0.357. The van der Waals surface area contributed by atoms with E-state index in [-0.39, 0.29) is 6.61 Å². The van der Waals surface area contributed by atoms with Crippen molar-refractivity contribution in [3.8, 4) is 5.69 Å². The number of aromatic nitrogens is 2. The Hall–Kier alpha value is -1.13. The van der Waals surface area contributed by atoms with Crippen molar-refractivity contribution in [3.63, 3.8) is 0 Å². The molecule has 0 radical (unpaired) electrons. The van der Waals surface area contributed by atoms with E-state index in [9.17, 15) is 0 Å². The minimum atomic E-state index is 0.223. The number of benzene rings is 1. The van der Waals surface area contributed by atoms with Gasteiger partial charge in [-0.3, -0.25) is 0 Å². The van der Waals surface area contributed by atoms with Crippen LogP contribution in [-0.2, 0) is 6.42 Å². The van der Waals surface area contributed by atoms with E-state index in [1.54, 1.807) is 0 Å². The van der Waals surface area contributed by atoms with E-state index in [1.807, 2.05) is 29.8 Å². The first-order chi connectivity index (χ1) is 8.63. The van der Waals surface area contributed by atoms with E-state index < -0.39 is 0 Å². The second kappa shape index (κ2) is 5.67.